The Morgan fingerprint density at radius 1 is 1.16 bits per heavy atom. The molecule has 2 N–H and O–H groups in total. The molecule has 0 aliphatic rings. The van der Waals surface area contributed by atoms with Gasteiger partial charge in [-0.2, -0.15) is 0 Å². The molecule has 0 radical (unpaired) electrons. The fraction of sp³-hybridized carbons (Fsp3) is 0.529. The average molecular weight is 258 g/mol. The third kappa shape index (κ3) is 3.19. The maximum Gasteiger partial charge on any atom is 0.0483 e. The van der Waals surface area contributed by atoms with Gasteiger partial charge in [0.1, 0.15) is 0 Å². The Morgan fingerprint density at radius 3 is 2.47 bits per heavy atom. The van der Waals surface area contributed by atoms with Crippen molar-refractivity contribution in [2.75, 3.05) is 0 Å². The van der Waals surface area contributed by atoms with Crippen molar-refractivity contribution in [1.82, 2.24) is 4.57 Å². The summed E-state index contributed by atoms with van der Waals surface area (Å²) in [7, 11) is 0. The van der Waals surface area contributed by atoms with Gasteiger partial charge in [-0.15, -0.1) is 0 Å². The van der Waals surface area contributed by atoms with Crippen LogP contribution in [0.5, 0.6) is 0 Å². The highest BCUT2D eigenvalue weighted by Gasteiger charge is 2.12. The van der Waals surface area contributed by atoms with Crippen LogP contribution in [0.25, 0.3) is 10.9 Å². The van der Waals surface area contributed by atoms with Crippen LogP contribution in [-0.2, 0) is 13.0 Å². The van der Waals surface area contributed by atoms with Gasteiger partial charge in [-0.25, -0.2) is 0 Å². The molecule has 0 aliphatic heterocycles. The number of fused-ring (bicyclic) bond motifs is 1. The summed E-state index contributed by atoms with van der Waals surface area (Å²) in [4.78, 5) is 0. The third-order valence-electron chi connectivity index (χ3n) is 4.02. The lowest BCUT2D eigenvalue weighted by atomic mass is 10.0. The Balaban J connectivity index is 2.38. The molecule has 1 aromatic carbocycles. The molecule has 2 nitrogen and oxygen atoms in total. The van der Waals surface area contributed by atoms with Gasteiger partial charge in [0.25, 0.3) is 0 Å². The highest BCUT2D eigenvalue weighted by Crippen LogP contribution is 2.24. The summed E-state index contributed by atoms with van der Waals surface area (Å²) < 4.78 is 2.42. The van der Waals surface area contributed by atoms with Gasteiger partial charge < -0.3 is 10.3 Å². The smallest absolute Gasteiger partial charge is 0.0483 e. The van der Waals surface area contributed by atoms with E-state index in [0.717, 1.165) is 18.9 Å². The summed E-state index contributed by atoms with van der Waals surface area (Å²) in [5.74, 6) is 0.763. The predicted molar refractivity (Wildman–Crippen MR) is 83.4 cm³/mol. The first kappa shape index (κ1) is 14.1. The molecule has 2 rings (SSSR count). The molecule has 2 heteroatoms. The van der Waals surface area contributed by atoms with Crippen LogP contribution in [-0.4, -0.2) is 10.6 Å². The van der Waals surface area contributed by atoms with Crippen LogP contribution in [0.3, 0.4) is 0 Å². The largest absolute Gasteiger partial charge is 0.347 e. The lowest BCUT2D eigenvalue weighted by molar-refractivity contribution is 0.425. The van der Waals surface area contributed by atoms with E-state index in [2.05, 4.69) is 55.8 Å². The summed E-state index contributed by atoms with van der Waals surface area (Å²) in [6.07, 6.45) is 5.75. The van der Waals surface area contributed by atoms with Crippen molar-refractivity contribution in [1.29, 1.82) is 0 Å². The van der Waals surface area contributed by atoms with E-state index in [1.807, 2.05) is 0 Å². The van der Waals surface area contributed by atoms with Crippen molar-refractivity contribution in [3.05, 3.63) is 36.0 Å². The second-order valence-corrected chi connectivity index (χ2v) is 5.69. The molecule has 0 fully saturated rings. The van der Waals surface area contributed by atoms with Gasteiger partial charge in [-0.3, -0.25) is 0 Å². The Labute approximate surface area is 116 Å². The molecule has 1 aromatic heterocycles. The van der Waals surface area contributed by atoms with E-state index in [1.165, 1.54) is 29.3 Å². The van der Waals surface area contributed by atoms with Crippen molar-refractivity contribution >= 4 is 10.9 Å². The minimum atomic E-state index is 0.215. The van der Waals surface area contributed by atoms with Crippen molar-refractivity contribution < 1.29 is 0 Å². The number of nitrogens with zero attached hydrogens (tertiary/aromatic N) is 1. The summed E-state index contributed by atoms with van der Waals surface area (Å²) in [6, 6.07) is 8.90. The van der Waals surface area contributed by atoms with E-state index >= 15 is 0 Å². The maximum atomic E-state index is 5.97. The minimum Gasteiger partial charge on any atom is -0.347 e. The van der Waals surface area contributed by atoms with Crippen molar-refractivity contribution in [2.24, 2.45) is 11.7 Å². The molecule has 1 unspecified atom stereocenters. The predicted octanol–water partition coefficient (Wildman–Crippen LogP) is 3.97. The fourth-order valence-corrected chi connectivity index (χ4v) is 2.81. The Hall–Kier alpha value is -1.28. The summed E-state index contributed by atoms with van der Waals surface area (Å²) in [6.45, 7) is 7.75. The van der Waals surface area contributed by atoms with Crippen LogP contribution in [0.2, 0.25) is 0 Å². The van der Waals surface area contributed by atoms with Crippen molar-refractivity contribution in [3.63, 3.8) is 0 Å². The summed E-state index contributed by atoms with van der Waals surface area (Å²) in [5.41, 5.74) is 8.71. The molecule has 0 saturated carbocycles. The van der Waals surface area contributed by atoms with Crippen LogP contribution < -0.4 is 5.73 Å². The first-order valence-electron chi connectivity index (χ1n) is 7.48. The lowest BCUT2D eigenvalue weighted by Gasteiger charge is -2.14. The molecular formula is C17H26N2. The molecule has 0 saturated heterocycles. The molecule has 0 aliphatic carbocycles. The van der Waals surface area contributed by atoms with Gasteiger partial charge in [-0.1, -0.05) is 44.9 Å². The van der Waals surface area contributed by atoms with Gasteiger partial charge in [-0.05, 0) is 30.9 Å². The monoisotopic (exact) mass is 258 g/mol. The number of hydrogen-bond acceptors (Lipinski definition) is 1. The van der Waals surface area contributed by atoms with Crippen LogP contribution in [0.15, 0.2) is 30.5 Å². The first-order chi connectivity index (χ1) is 9.15. The van der Waals surface area contributed by atoms with Gasteiger partial charge >= 0.3 is 0 Å². The second-order valence-electron chi connectivity index (χ2n) is 5.69. The molecule has 19 heavy (non-hydrogen) atoms. The maximum absolute atomic E-state index is 5.97. The van der Waals surface area contributed by atoms with Crippen molar-refractivity contribution in [3.8, 4) is 0 Å². The zero-order chi connectivity index (χ0) is 13.8. The molecular weight excluding hydrogens is 232 g/mol. The number of hydrogen-bond donors (Lipinski definition) is 1. The van der Waals surface area contributed by atoms with Gasteiger partial charge in [0.2, 0.25) is 0 Å². The number of rotatable bonds is 6. The SMILES string of the molecule is CCC(CC)Cn1cc(CC(C)N)c2ccccc21. The zero-order valence-corrected chi connectivity index (χ0v) is 12.4. The molecule has 1 atom stereocenters. The van der Waals surface area contributed by atoms with Crippen LogP contribution >= 0.6 is 0 Å². The topological polar surface area (TPSA) is 30.9 Å². The number of para-hydroxylation sites is 1. The second kappa shape index (κ2) is 6.25. The van der Waals surface area contributed by atoms with E-state index in [-0.39, 0.29) is 6.04 Å². The summed E-state index contributed by atoms with van der Waals surface area (Å²) >= 11 is 0. The first-order valence-corrected chi connectivity index (χ1v) is 7.48. The molecule has 104 valence electrons. The van der Waals surface area contributed by atoms with Crippen molar-refractivity contribution in [2.45, 2.75) is 52.6 Å². The van der Waals surface area contributed by atoms with Gasteiger partial charge in [0.05, 0.1) is 0 Å². The zero-order valence-electron chi connectivity index (χ0n) is 12.4. The molecule has 1 heterocycles. The number of aromatic nitrogens is 1. The Bertz CT molecular complexity index is 521. The highest BCUT2D eigenvalue weighted by atomic mass is 15.0. The highest BCUT2D eigenvalue weighted by molar-refractivity contribution is 5.84. The third-order valence-corrected chi connectivity index (χ3v) is 4.02. The van der Waals surface area contributed by atoms with Crippen LogP contribution in [0.1, 0.15) is 39.2 Å². The normalized spacial score (nSPS) is 13.3. The standard InChI is InChI=1S/C17H26N2/c1-4-14(5-2)11-19-12-15(10-13(3)18)16-8-6-7-9-17(16)19/h6-9,12-14H,4-5,10-11,18H2,1-3H3. The van der Waals surface area contributed by atoms with Gasteiger partial charge in [0, 0.05) is 29.7 Å². The lowest BCUT2D eigenvalue weighted by Crippen LogP contribution is -2.17. The Kier molecular flexibility index (Phi) is 4.65. The van der Waals surface area contributed by atoms with E-state index in [4.69, 9.17) is 5.73 Å². The quantitative estimate of drug-likeness (QED) is 0.835. The molecule has 0 bridgehead atoms. The molecule has 0 spiro atoms. The van der Waals surface area contributed by atoms with Gasteiger partial charge in [0.15, 0.2) is 0 Å². The number of benzene rings is 1. The summed E-state index contributed by atoms with van der Waals surface area (Å²) in [5, 5.41) is 1.37. The molecule has 0 amide bonds. The fourth-order valence-electron chi connectivity index (χ4n) is 2.81. The number of nitrogens with two attached hydrogens (primary N) is 1. The minimum absolute atomic E-state index is 0.215. The Morgan fingerprint density at radius 2 is 1.84 bits per heavy atom. The van der Waals surface area contributed by atoms with E-state index < -0.39 is 0 Å². The van der Waals surface area contributed by atoms with E-state index in [1.54, 1.807) is 0 Å². The van der Waals surface area contributed by atoms with Crippen LogP contribution in [0, 0.1) is 5.92 Å². The van der Waals surface area contributed by atoms with Crippen LogP contribution in [0.4, 0.5) is 0 Å². The average Bonchev–Trinajstić information content (AvgIpc) is 2.74. The van der Waals surface area contributed by atoms with E-state index in [9.17, 15) is 0 Å². The van der Waals surface area contributed by atoms with E-state index in [0.29, 0.717) is 0 Å². The molecule has 2 aromatic rings.